The molecule has 3 N–H and O–H groups in total. The molecule has 0 atom stereocenters. The van der Waals surface area contributed by atoms with Gasteiger partial charge in [-0.05, 0) is 67.6 Å². The number of carboxylic acid groups (broad SMARTS) is 1. The van der Waals surface area contributed by atoms with Gasteiger partial charge in [-0.25, -0.2) is 13.2 Å². The minimum Gasteiger partial charge on any atom is -0.478 e. The van der Waals surface area contributed by atoms with Crippen molar-refractivity contribution in [2.24, 2.45) is 0 Å². The third-order valence-corrected chi connectivity index (χ3v) is 5.92. The summed E-state index contributed by atoms with van der Waals surface area (Å²) in [5, 5.41) is 11.4. The Labute approximate surface area is 185 Å². The van der Waals surface area contributed by atoms with Crippen molar-refractivity contribution in [2.45, 2.75) is 18.2 Å². The fraction of sp³-hybridized carbons (Fsp3) is 0.0870. The molecule has 0 aliphatic rings. The second kappa shape index (κ2) is 9.44. The molecule has 3 aromatic carbocycles. The van der Waals surface area contributed by atoms with Crippen LogP contribution >= 0.6 is 0 Å². The number of sulfonamides is 1. The van der Waals surface area contributed by atoms with Crippen LogP contribution in [0.2, 0.25) is 0 Å². The molecular weight excluding hydrogens is 432 g/mol. The molecule has 0 radical (unpaired) electrons. The Morgan fingerprint density at radius 1 is 0.781 bits per heavy atom. The maximum Gasteiger partial charge on any atom is 0.335 e. The van der Waals surface area contributed by atoms with E-state index in [1.54, 1.807) is 12.1 Å². The van der Waals surface area contributed by atoms with E-state index >= 15 is 0 Å². The molecule has 0 aliphatic heterocycles. The Morgan fingerprint density at radius 2 is 1.31 bits per heavy atom. The van der Waals surface area contributed by atoms with Crippen molar-refractivity contribution in [3.63, 3.8) is 0 Å². The monoisotopic (exact) mass is 452 g/mol. The zero-order valence-electron chi connectivity index (χ0n) is 17.0. The third-order valence-electron chi connectivity index (χ3n) is 4.53. The number of anilines is 2. The highest BCUT2D eigenvalue weighted by Gasteiger charge is 2.16. The molecule has 0 fully saturated rings. The molecule has 32 heavy (non-hydrogen) atoms. The van der Waals surface area contributed by atoms with E-state index in [9.17, 15) is 22.8 Å². The Morgan fingerprint density at radius 3 is 1.88 bits per heavy atom. The highest BCUT2D eigenvalue weighted by Crippen LogP contribution is 2.18. The van der Waals surface area contributed by atoms with Gasteiger partial charge in [0, 0.05) is 16.9 Å². The van der Waals surface area contributed by atoms with Gasteiger partial charge in [0.1, 0.15) is 0 Å². The van der Waals surface area contributed by atoms with Crippen LogP contribution in [0.1, 0.15) is 32.7 Å². The maximum atomic E-state index is 12.4. The van der Waals surface area contributed by atoms with Crippen LogP contribution in [-0.4, -0.2) is 31.2 Å². The second-order valence-corrected chi connectivity index (χ2v) is 8.71. The Kier molecular flexibility index (Phi) is 6.70. The van der Waals surface area contributed by atoms with Gasteiger partial charge in [-0.1, -0.05) is 17.7 Å². The van der Waals surface area contributed by atoms with Gasteiger partial charge in [-0.15, -0.1) is 0 Å². The van der Waals surface area contributed by atoms with Crippen LogP contribution in [0, 0.1) is 6.92 Å². The van der Waals surface area contributed by atoms with E-state index in [0.717, 1.165) is 5.56 Å². The number of amides is 1. The lowest BCUT2D eigenvalue weighted by Gasteiger charge is -2.09. The molecular formula is C23H20N2O6S. The molecule has 8 nitrogen and oxygen atoms in total. The smallest absolute Gasteiger partial charge is 0.335 e. The van der Waals surface area contributed by atoms with E-state index in [1.165, 1.54) is 60.7 Å². The number of carbonyl (C=O) groups excluding carboxylic acids is 2. The molecule has 0 heterocycles. The average molecular weight is 452 g/mol. The van der Waals surface area contributed by atoms with Crippen molar-refractivity contribution in [3.05, 3.63) is 89.5 Å². The van der Waals surface area contributed by atoms with Crippen LogP contribution < -0.4 is 10.0 Å². The van der Waals surface area contributed by atoms with Crippen LogP contribution in [-0.2, 0) is 14.8 Å². The molecule has 3 rings (SSSR count). The number of carbonyl (C=O) groups is 3. The molecule has 0 aromatic heterocycles. The predicted molar refractivity (Wildman–Crippen MR) is 119 cm³/mol. The van der Waals surface area contributed by atoms with Crippen molar-refractivity contribution >= 4 is 39.1 Å². The summed E-state index contributed by atoms with van der Waals surface area (Å²) in [5.41, 5.74) is 1.92. The van der Waals surface area contributed by atoms with E-state index < -0.39 is 34.1 Å². The molecule has 9 heteroatoms. The molecule has 0 aliphatic carbocycles. The maximum absolute atomic E-state index is 12.4. The number of hydrogen-bond donors (Lipinski definition) is 3. The van der Waals surface area contributed by atoms with Gasteiger partial charge in [-0.2, -0.15) is 0 Å². The first-order valence-corrected chi connectivity index (χ1v) is 11.0. The minimum atomic E-state index is -3.76. The summed E-state index contributed by atoms with van der Waals surface area (Å²) in [6.45, 7) is 1.86. The number of Topliss-reactive ketones (excluding diaryl/α,β-unsaturated/α-hetero) is 1. The number of nitrogens with one attached hydrogen (secondary N) is 2. The molecule has 0 spiro atoms. The first-order valence-electron chi connectivity index (χ1n) is 9.50. The van der Waals surface area contributed by atoms with Gasteiger partial charge in [0.2, 0.25) is 5.91 Å². The molecule has 0 saturated heterocycles. The fourth-order valence-corrected chi connectivity index (χ4v) is 3.86. The zero-order chi connectivity index (χ0) is 23.3. The predicted octanol–water partition coefficient (Wildman–Crippen LogP) is 3.71. The highest BCUT2D eigenvalue weighted by molar-refractivity contribution is 7.92. The Bertz CT molecular complexity index is 1250. The summed E-state index contributed by atoms with van der Waals surface area (Å²) in [4.78, 5) is 35.4. The van der Waals surface area contributed by atoms with Gasteiger partial charge in [0.25, 0.3) is 10.0 Å². The Balaban J connectivity index is 1.60. The van der Waals surface area contributed by atoms with Crippen molar-refractivity contribution in [2.75, 3.05) is 10.0 Å². The summed E-state index contributed by atoms with van der Waals surface area (Å²) >= 11 is 0. The van der Waals surface area contributed by atoms with Crippen molar-refractivity contribution in [1.29, 1.82) is 0 Å². The summed E-state index contributed by atoms with van der Waals surface area (Å²) < 4.78 is 27.3. The fourth-order valence-electron chi connectivity index (χ4n) is 2.80. The van der Waals surface area contributed by atoms with E-state index in [2.05, 4.69) is 10.0 Å². The van der Waals surface area contributed by atoms with Crippen molar-refractivity contribution in [3.8, 4) is 0 Å². The van der Waals surface area contributed by atoms with E-state index in [0.29, 0.717) is 5.69 Å². The van der Waals surface area contributed by atoms with Crippen LogP contribution in [0.5, 0.6) is 0 Å². The van der Waals surface area contributed by atoms with E-state index in [-0.39, 0.29) is 21.7 Å². The number of aryl methyl sites for hydroxylation is 1. The molecule has 3 aromatic rings. The largest absolute Gasteiger partial charge is 0.478 e. The van der Waals surface area contributed by atoms with Gasteiger partial charge in [0.15, 0.2) is 5.78 Å². The quantitative estimate of drug-likeness (QED) is 0.353. The summed E-state index contributed by atoms with van der Waals surface area (Å²) in [5.74, 6) is -2.08. The second-order valence-electron chi connectivity index (χ2n) is 7.03. The Hall–Kier alpha value is -3.98. The highest BCUT2D eigenvalue weighted by atomic mass is 32.2. The average Bonchev–Trinajstić information content (AvgIpc) is 2.74. The van der Waals surface area contributed by atoms with Crippen LogP contribution in [0.15, 0.2) is 77.7 Å². The summed E-state index contributed by atoms with van der Waals surface area (Å²) in [6.07, 6.45) is -0.422. The number of carboxylic acids is 1. The number of aromatic carboxylic acids is 1. The van der Waals surface area contributed by atoms with Crippen LogP contribution in [0.4, 0.5) is 11.4 Å². The number of rotatable bonds is 8. The third kappa shape index (κ3) is 5.79. The zero-order valence-corrected chi connectivity index (χ0v) is 17.8. The molecule has 164 valence electrons. The molecule has 1 amide bonds. The first-order chi connectivity index (χ1) is 15.1. The molecule has 0 saturated carbocycles. The number of hydrogen-bond acceptors (Lipinski definition) is 5. The first kappa shape index (κ1) is 22.7. The van der Waals surface area contributed by atoms with E-state index in [1.807, 2.05) is 6.92 Å². The minimum absolute atomic E-state index is 0.0807. The van der Waals surface area contributed by atoms with Gasteiger partial charge >= 0.3 is 5.97 Å². The topological polar surface area (TPSA) is 130 Å². The lowest BCUT2D eigenvalue weighted by atomic mass is 10.1. The van der Waals surface area contributed by atoms with Crippen LogP contribution in [0.25, 0.3) is 0 Å². The van der Waals surface area contributed by atoms with Crippen molar-refractivity contribution in [1.82, 2.24) is 0 Å². The van der Waals surface area contributed by atoms with E-state index in [4.69, 9.17) is 5.11 Å². The van der Waals surface area contributed by atoms with Crippen molar-refractivity contribution < 1.29 is 27.9 Å². The van der Waals surface area contributed by atoms with Gasteiger partial charge in [0.05, 0.1) is 16.9 Å². The summed E-state index contributed by atoms with van der Waals surface area (Å²) in [7, 11) is -3.76. The SMILES string of the molecule is Cc1ccc(S(=O)(=O)Nc2ccc(C(=O)CC(=O)Nc3ccc(C(=O)O)cc3)cc2)cc1. The molecule has 0 bridgehead atoms. The lowest BCUT2D eigenvalue weighted by molar-refractivity contribution is -0.115. The standard InChI is InChI=1S/C23H20N2O6S/c1-15-2-12-20(13-3-15)32(30,31)25-19-10-4-16(5-11-19)21(26)14-22(27)24-18-8-6-17(7-9-18)23(28)29/h2-13,25H,14H2,1H3,(H,24,27)(H,28,29). The lowest BCUT2D eigenvalue weighted by Crippen LogP contribution is -2.17. The normalized spacial score (nSPS) is 10.9. The molecule has 0 unspecified atom stereocenters. The number of ketones is 1. The van der Waals surface area contributed by atoms with Crippen LogP contribution in [0.3, 0.4) is 0 Å². The van der Waals surface area contributed by atoms with Gasteiger partial charge < -0.3 is 10.4 Å². The van der Waals surface area contributed by atoms with Gasteiger partial charge in [-0.3, -0.25) is 14.3 Å². The number of benzene rings is 3. The summed E-state index contributed by atoms with van der Waals surface area (Å²) in [6, 6.07) is 17.7.